The lowest BCUT2D eigenvalue weighted by Gasteiger charge is -2.39. The number of piperidine rings is 1. The largest absolute Gasteiger partial charge is 0.391 e. The Hall–Kier alpha value is -2.00. The van der Waals surface area contributed by atoms with Crippen LogP contribution in [0.25, 0.3) is 10.9 Å². The monoisotopic (exact) mass is 504 g/mol. The van der Waals surface area contributed by atoms with E-state index in [1.54, 1.807) is 12.4 Å². The maximum absolute atomic E-state index is 15.4. The highest BCUT2D eigenvalue weighted by Gasteiger charge is 2.38. The Morgan fingerprint density at radius 2 is 1.94 bits per heavy atom. The zero-order valence-electron chi connectivity index (χ0n) is 18.7. The molecule has 180 valence electrons. The van der Waals surface area contributed by atoms with Gasteiger partial charge in [-0.25, -0.2) is 19.0 Å². The summed E-state index contributed by atoms with van der Waals surface area (Å²) in [6, 6.07) is 4.15. The smallest absolute Gasteiger partial charge is 0.227 e. The molecule has 3 aliphatic rings. The van der Waals surface area contributed by atoms with E-state index in [2.05, 4.69) is 25.3 Å². The minimum absolute atomic E-state index is 0.0729. The number of aromatic nitrogens is 4. The second-order valence-corrected chi connectivity index (χ2v) is 10.5. The molecule has 34 heavy (non-hydrogen) atoms. The van der Waals surface area contributed by atoms with E-state index in [1.807, 2.05) is 16.8 Å². The number of rotatable bonds is 5. The summed E-state index contributed by atoms with van der Waals surface area (Å²) in [7, 11) is 0. The molecule has 0 spiro atoms. The number of nitrogens with zero attached hydrogens (tertiary/aromatic N) is 5. The van der Waals surface area contributed by atoms with Crippen molar-refractivity contribution in [2.24, 2.45) is 0 Å². The van der Waals surface area contributed by atoms with Crippen LogP contribution in [0.1, 0.15) is 56.0 Å². The third-order valence-corrected chi connectivity index (χ3v) is 8.16. The molecule has 0 radical (unpaired) electrons. The third-order valence-electron chi connectivity index (χ3n) is 7.46. The summed E-state index contributed by atoms with van der Waals surface area (Å²) in [6.45, 7) is 1.07. The number of nitrogens with one attached hydrogen (secondary N) is 1. The van der Waals surface area contributed by atoms with Crippen LogP contribution < -0.4 is 5.32 Å². The fourth-order valence-electron chi connectivity index (χ4n) is 5.46. The number of anilines is 2. The van der Waals surface area contributed by atoms with Crippen LogP contribution in [-0.4, -0.2) is 61.2 Å². The van der Waals surface area contributed by atoms with Gasteiger partial charge in [0.2, 0.25) is 5.95 Å². The number of benzene rings is 1. The molecule has 2 N–H and O–H groups in total. The molecule has 6 rings (SSSR count). The van der Waals surface area contributed by atoms with Crippen molar-refractivity contribution in [1.29, 1.82) is 0 Å². The zero-order chi connectivity index (χ0) is 23.4. The number of aliphatic hydroxyl groups excluding tert-OH is 1. The highest BCUT2D eigenvalue weighted by atomic mass is 35.5. The van der Waals surface area contributed by atoms with Gasteiger partial charge in [-0.1, -0.05) is 23.2 Å². The molecule has 3 aromatic rings. The normalized spacial score (nSPS) is 28.0. The van der Waals surface area contributed by atoms with Crippen LogP contribution >= 0.6 is 23.2 Å². The van der Waals surface area contributed by atoms with Crippen LogP contribution in [0.3, 0.4) is 0 Å². The molecule has 2 saturated carbocycles. The van der Waals surface area contributed by atoms with Gasteiger partial charge in [0.15, 0.2) is 5.15 Å². The maximum Gasteiger partial charge on any atom is 0.227 e. The molecular weight excluding hydrogens is 478 g/mol. The Labute approximate surface area is 207 Å². The fraction of sp³-hybridized carbons (Fsp3) is 0.542. The average molecular weight is 505 g/mol. The molecule has 4 unspecified atom stereocenters. The first-order valence-corrected chi connectivity index (χ1v) is 12.8. The summed E-state index contributed by atoms with van der Waals surface area (Å²) in [5, 5.41) is 19.6. The maximum atomic E-state index is 15.4. The summed E-state index contributed by atoms with van der Waals surface area (Å²) < 4.78 is 17.2. The number of hydrogen-bond donors (Lipinski definition) is 2. The lowest BCUT2D eigenvalue weighted by atomic mass is 9.86. The van der Waals surface area contributed by atoms with Crippen LogP contribution in [0.2, 0.25) is 10.2 Å². The minimum Gasteiger partial charge on any atom is -0.391 e. The summed E-state index contributed by atoms with van der Waals surface area (Å²) >= 11 is 13.1. The van der Waals surface area contributed by atoms with E-state index in [0.29, 0.717) is 46.3 Å². The van der Waals surface area contributed by atoms with Crippen molar-refractivity contribution in [3.05, 3.63) is 40.3 Å². The molecule has 1 saturated heterocycles. The van der Waals surface area contributed by atoms with Crippen molar-refractivity contribution >= 4 is 45.7 Å². The van der Waals surface area contributed by atoms with Crippen molar-refractivity contribution in [1.82, 2.24) is 24.6 Å². The second-order valence-electron chi connectivity index (χ2n) is 9.75. The molecule has 1 aliphatic heterocycles. The Bertz CT molecular complexity index is 1220. The van der Waals surface area contributed by atoms with E-state index in [1.165, 1.54) is 0 Å². The molecule has 7 nitrogen and oxygen atoms in total. The third kappa shape index (κ3) is 4.15. The first-order chi connectivity index (χ1) is 16.5. The van der Waals surface area contributed by atoms with Crippen molar-refractivity contribution in [3.8, 4) is 0 Å². The van der Waals surface area contributed by atoms with Gasteiger partial charge in [-0.2, -0.15) is 5.10 Å². The Morgan fingerprint density at radius 1 is 1.09 bits per heavy atom. The first kappa shape index (κ1) is 22.5. The van der Waals surface area contributed by atoms with Crippen molar-refractivity contribution in [3.63, 3.8) is 0 Å². The highest BCUT2D eigenvalue weighted by Crippen LogP contribution is 2.40. The van der Waals surface area contributed by atoms with Crippen molar-refractivity contribution in [2.75, 3.05) is 18.4 Å². The number of fused-ring (bicyclic) bond motifs is 1. The van der Waals surface area contributed by atoms with E-state index in [-0.39, 0.29) is 18.1 Å². The molecule has 3 heterocycles. The highest BCUT2D eigenvalue weighted by molar-refractivity contribution is 6.32. The van der Waals surface area contributed by atoms with Gasteiger partial charge < -0.3 is 10.4 Å². The van der Waals surface area contributed by atoms with Crippen LogP contribution in [0.15, 0.2) is 24.5 Å². The van der Waals surface area contributed by atoms with Gasteiger partial charge in [-0.15, -0.1) is 0 Å². The van der Waals surface area contributed by atoms with Crippen LogP contribution in [0.4, 0.5) is 16.0 Å². The number of aliphatic hydroxyl groups is 1. The molecule has 0 amide bonds. The van der Waals surface area contributed by atoms with Gasteiger partial charge in [-0.05, 0) is 62.8 Å². The lowest BCUT2D eigenvalue weighted by molar-refractivity contribution is 0.0271. The topological polar surface area (TPSA) is 79.1 Å². The van der Waals surface area contributed by atoms with Gasteiger partial charge >= 0.3 is 0 Å². The van der Waals surface area contributed by atoms with Crippen molar-refractivity contribution < 1.29 is 9.50 Å². The minimum atomic E-state index is -1.05. The van der Waals surface area contributed by atoms with E-state index < -0.39 is 6.17 Å². The summed E-state index contributed by atoms with van der Waals surface area (Å²) in [4.78, 5) is 11.2. The van der Waals surface area contributed by atoms with Crippen LogP contribution in [0.5, 0.6) is 0 Å². The number of halogens is 3. The molecule has 3 fully saturated rings. The van der Waals surface area contributed by atoms with Gasteiger partial charge in [0.05, 0.1) is 29.5 Å². The number of hydrogen-bond acceptors (Lipinski definition) is 6. The predicted molar refractivity (Wildman–Crippen MR) is 131 cm³/mol. The molecule has 4 atom stereocenters. The van der Waals surface area contributed by atoms with Gasteiger partial charge in [0.1, 0.15) is 6.17 Å². The molecular formula is C24H27Cl2FN6O. The fourth-order valence-corrected chi connectivity index (χ4v) is 6.05. The van der Waals surface area contributed by atoms with E-state index >= 15 is 4.39 Å². The molecule has 0 bridgehead atoms. The van der Waals surface area contributed by atoms with E-state index in [0.717, 1.165) is 49.6 Å². The van der Waals surface area contributed by atoms with Crippen molar-refractivity contribution in [2.45, 2.75) is 68.8 Å². The van der Waals surface area contributed by atoms with Crippen LogP contribution in [-0.2, 0) is 0 Å². The molecule has 1 aromatic carbocycles. The summed E-state index contributed by atoms with van der Waals surface area (Å²) in [5.41, 5.74) is 2.13. The molecule has 10 heteroatoms. The number of alkyl halides is 1. The lowest BCUT2D eigenvalue weighted by Crippen LogP contribution is -2.49. The Balaban J connectivity index is 1.23. The molecule has 2 aliphatic carbocycles. The van der Waals surface area contributed by atoms with E-state index in [4.69, 9.17) is 23.2 Å². The standard InChI is InChI=1S/C24H27Cl2FN6O/c25-17-8-13-10-28-24(31-20-11-29-33(23(20)26)14-4-5-14)30-19(13)9-16(17)15-6-7-32(12-18(15)27)21-2-1-3-22(21)34/h8-11,14-15,18,21-22,34H,1-7,12H2,(H,28,30,31). The molecule has 2 aromatic heterocycles. The summed E-state index contributed by atoms with van der Waals surface area (Å²) in [6.07, 6.45) is 7.57. The SMILES string of the molecule is OC1CCCC1N1CCC(c2cc3nc(Nc4cnn(C5CC5)c4Cl)ncc3cc2Cl)C(F)C1. The Morgan fingerprint density at radius 3 is 2.68 bits per heavy atom. The van der Waals surface area contributed by atoms with Crippen LogP contribution in [0, 0.1) is 0 Å². The second kappa shape index (κ2) is 8.90. The van der Waals surface area contributed by atoms with Gasteiger partial charge in [0, 0.05) is 35.1 Å². The first-order valence-electron chi connectivity index (χ1n) is 12.0. The Kier molecular flexibility index (Phi) is 5.88. The van der Waals surface area contributed by atoms with E-state index in [9.17, 15) is 5.11 Å². The van der Waals surface area contributed by atoms with Gasteiger partial charge in [0.25, 0.3) is 0 Å². The average Bonchev–Trinajstić information content (AvgIpc) is 3.47. The predicted octanol–water partition coefficient (Wildman–Crippen LogP) is 5.25. The number of likely N-dealkylation sites (tertiary alicyclic amines) is 1. The quantitative estimate of drug-likeness (QED) is 0.493. The zero-order valence-corrected chi connectivity index (χ0v) is 20.2. The van der Waals surface area contributed by atoms with Gasteiger partial charge in [-0.3, -0.25) is 4.90 Å². The summed E-state index contributed by atoms with van der Waals surface area (Å²) in [5.74, 6) is 0.101.